The minimum absolute atomic E-state index is 0.158. The van der Waals surface area contributed by atoms with Crippen molar-refractivity contribution in [2.75, 3.05) is 21.2 Å². The zero-order valence-corrected chi connectivity index (χ0v) is 16.9. The second-order valence-corrected chi connectivity index (χ2v) is 7.06. The molecule has 3 aromatic rings. The lowest BCUT2D eigenvalue weighted by molar-refractivity contribution is 0.104. The Labute approximate surface area is 171 Å². The molecule has 0 saturated heterocycles. The Balaban J connectivity index is 1.95. The molecule has 0 aliphatic carbocycles. The summed E-state index contributed by atoms with van der Waals surface area (Å²) in [5.74, 6) is -0.149. The minimum Gasteiger partial charge on any atom is -0.497 e. The van der Waals surface area contributed by atoms with E-state index in [1.54, 1.807) is 12.1 Å². The fourth-order valence-electron chi connectivity index (χ4n) is 3.12. The van der Waals surface area contributed by atoms with E-state index >= 15 is 0 Å². The molecular weight excluding hydrogens is 365 g/mol. The second-order valence-electron chi connectivity index (χ2n) is 7.06. The fraction of sp³-hybridized carbons (Fsp3) is 0.160. The van der Waals surface area contributed by atoms with Gasteiger partial charge in [-0.3, -0.25) is 4.79 Å². The number of carbonyl (C=O) groups excluding carboxylic acids is 1. The first kappa shape index (κ1) is 20.5. The third-order valence-corrected chi connectivity index (χ3v) is 4.59. The number of nitrogens with zero attached hydrogens (tertiary/aromatic N) is 1. The maximum absolute atomic E-state index is 14.2. The van der Waals surface area contributed by atoms with E-state index in [0.717, 1.165) is 16.7 Å². The number of rotatable bonds is 7. The lowest BCUT2D eigenvalue weighted by Crippen LogP contribution is -2.14. The van der Waals surface area contributed by atoms with Gasteiger partial charge in [0.2, 0.25) is 0 Å². The van der Waals surface area contributed by atoms with E-state index in [0.29, 0.717) is 23.4 Å². The summed E-state index contributed by atoms with van der Waals surface area (Å²) < 4.78 is 19.2. The summed E-state index contributed by atoms with van der Waals surface area (Å²) in [6.07, 6.45) is 2.93. The van der Waals surface area contributed by atoms with Crippen molar-refractivity contribution >= 4 is 11.9 Å². The number of allylic oxidation sites excluding steroid dienone is 1. The van der Waals surface area contributed by atoms with Crippen molar-refractivity contribution in [3.05, 3.63) is 95.3 Å². The van der Waals surface area contributed by atoms with Crippen LogP contribution >= 0.6 is 0 Å². The molecule has 0 unspecified atom stereocenters. The van der Waals surface area contributed by atoms with Gasteiger partial charge in [-0.25, -0.2) is 4.39 Å². The first-order valence-corrected chi connectivity index (χ1v) is 9.37. The summed E-state index contributed by atoms with van der Waals surface area (Å²) in [5, 5.41) is 0. The van der Waals surface area contributed by atoms with Crippen LogP contribution in [0.2, 0.25) is 0 Å². The Hall–Kier alpha value is -3.24. The van der Waals surface area contributed by atoms with Crippen LogP contribution in [0.1, 0.15) is 21.5 Å². The van der Waals surface area contributed by atoms with Crippen LogP contribution in [0.25, 0.3) is 17.2 Å². The maximum Gasteiger partial charge on any atom is 0.186 e. The minimum atomic E-state index is -0.431. The highest BCUT2D eigenvalue weighted by atomic mass is 19.1. The molecule has 0 spiro atoms. The molecule has 3 rings (SSSR count). The molecule has 0 aliphatic heterocycles. The van der Waals surface area contributed by atoms with Gasteiger partial charge in [0.1, 0.15) is 11.6 Å². The van der Waals surface area contributed by atoms with Gasteiger partial charge in [0, 0.05) is 23.7 Å². The number of carbonyl (C=O) groups is 1. The number of methoxy groups -OCH3 is 1. The van der Waals surface area contributed by atoms with Crippen molar-refractivity contribution in [2.45, 2.75) is 6.54 Å². The first-order chi connectivity index (χ1) is 14.0. The highest BCUT2D eigenvalue weighted by Gasteiger charge is 2.12. The van der Waals surface area contributed by atoms with E-state index in [9.17, 15) is 9.18 Å². The van der Waals surface area contributed by atoms with Crippen LogP contribution in [0.3, 0.4) is 0 Å². The van der Waals surface area contributed by atoms with Gasteiger partial charge in [-0.2, -0.15) is 0 Å². The van der Waals surface area contributed by atoms with Gasteiger partial charge < -0.3 is 9.64 Å². The highest BCUT2D eigenvalue weighted by Crippen LogP contribution is 2.24. The number of ketones is 1. The molecule has 3 nitrogen and oxygen atoms in total. The summed E-state index contributed by atoms with van der Waals surface area (Å²) >= 11 is 0. The van der Waals surface area contributed by atoms with Gasteiger partial charge in [-0.1, -0.05) is 42.5 Å². The lowest BCUT2D eigenvalue weighted by Gasteiger charge is -2.14. The second kappa shape index (κ2) is 9.30. The summed E-state index contributed by atoms with van der Waals surface area (Å²) in [5.41, 5.74) is 3.90. The zero-order chi connectivity index (χ0) is 20.8. The van der Waals surface area contributed by atoms with E-state index < -0.39 is 5.82 Å². The SMILES string of the molecule is COc1ccc(C=CC(=O)c2cc(-c3ccccc3)ccc2CN(C)C)c(F)c1. The molecule has 3 aromatic carbocycles. The van der Waals surface area contributed by atoms with Crippen molar-refractivity contribution in [3.8, 4) is 16.9 Å². The van der Waals surface area contributed by atoms with Gasteiger partial charge in [0.05, 0.1) is 7.11 Å². The van der Waals surface area contributed by atoms with E-state index in [1.165, 1.54) is 25.3 Å². The molecule has 0 bridgehead atoms. The standard InChI is InChI=1S/C25H24FNO2/c1-27(2)17-21-10-9-20(18-7-5-4-6-8-18)15-23(21)25(28)14-12-19-11-13-22(29-3)16-24(19)26/h4-16H,17H2,1-3H3. The number of hydrogen-bond acceptors (Lipinski definition) is 3. The number of benzene rings is 3. The van der Waals surface area contributed by atoms with E-state index in [4.69, 9.17) is 4.74 Å². The monoisotopic (exact) mass is 389 g/mol. The topological polar surface area (TPSA) is 29.5 Å². The van der Waals surface area contributed by atoms with Gasteiger partial charge in [0.25, 0.3) is 0 Å². The van der Waals surface area contributed by atoms with Crippen LogP contribution < -0.4 is 4.74 Å². The normalized spacial score (nSPS) is 11.2. The third-order valence-electron chi connectivity index (χ3n) is 4.59. The quantitative estimate of drug-likeness (QED) is 0.397. The van der Waals surface area contributed by atoms with Crippen LogP contribution in [0.4, 0.5) is 4.39 Å². The van der Waals surface area contributed by atoms with E-state index in [-0.39, 0.29) is 5.78 Å². The molecule has 0 aromatic heterocycles. The predicted octanol–water partition coefficient (Wildman–Crippen LogP) is 5.46. The molecule has 0 atom stereocenters. The van der Waals surface area contributed by atoms with Crippen LogP contribution in [0, 0.1) is 5.82 Å². The van der Waals surface area contributed by atoms with E-state index in [2.05, 4.69) is 0 Å². The molecule has 0 heterocycles. The Morgan fingerprint density at radius 1 is 1.00 bits per heavy atom. The van der Waals surface area contributed by atoms with Crippen LogP contribution in [-0.4, -0.2) is 31.9 Å². The molecule has 0 radical (unpaired) electrons. The predicted molar refractivity (Wildman–Crippen MR) is 116 cm³/mol. The van der Waals surface area contributed by atoms with Crippen LogP contribution in [0.5, 0.6) is 5.75 Å². The van der Waals surface area contributed by atoms with Crippen molar-refractivity contribution in [3.63, 3.8) is 0 Å². The number of ether oxygens (including phenoxy) is 1. The summed E-state index contributed by atoms with van der Waals surface area (Å²) in [6.45, 7) is 0.640. The average molecular weight is 389 g/mol. The maximum atomic E-state index is 14.2. The lowest BCUT2D eigenvalue weighted by atomic mass is 9.96. The molecule has 4 heteroatoms. The Morgan fingerprint density at radius 2 is 1.76 bits per heavy atom. The van der Waals surface area contributed by atoms with Crippen molar-refractivity contribution in [2.24, 2.45) is 0 Å². The van der Waals surface area contributed by atoms with E-state index in [1.807, 2.05) is 67.5 Å². The fourth-order valence-corrected chi connectivity index (χ4v) is 3.12. The summed E-state index contributed by atoms with van der Waals surface area (Å²) in [4.78, 5) is 15.0. The van der Waals surface area contributed by atoms with Crippen molar-refractivity contribution < 1.29 is 13.9 Å². The molecule has 0 amide bonds. The summed E-state index contributed by atoms with van der Waals surface area (Å²) in [6, 6.07) is 20.4. The van der Waals surface area contributed by atoms with Crippen molar-refractivity contribution in [1.29, 1.82) is 0 Å². The molecule has 29 heavy (non-hydrogen) atoms. The van der Waals surface area contributed by atoms with Crippen molar-refractivity contribution in [1.82, 2.24) is 4.90 Å². The zero-order valence-electron chi connectivity index (χ0n) is 16.9. The van der Waals surface area contributed by atoms with Gasteiger partial charge in [-0.15, -0.1) is 0 Å². The van der Waals surface area contributed by atoms with Gasteiger partial charge in [0.15, 0.2) is 5.78 Å². The Kier molecular flexibility index (Phi) is 6.57. The van der Waals surface area contributed by atoms with Crippen LogP contribution in [0.15, 0.2) is 72.8 Å². The Morgan fingerprint density at radius 3 is 2.41 bits per heavy atom. The molecule has 0 N–H and O–H groups in total. The average Bonchev–Trinajstić information content (AvgIpc) is 2.73. The molecule has 0 fully saturated rings. The third kappa shape index (κ3) is 5.18. The van der Waals surface area contributed by atoms with Crippen LogP contribution in [-0.2, 0) is 6.54 Å². The molecule has 0 saturated carbocycles. The summed E-state index contributed by atoms with van der Waals surface area (Å²) in [7, 11) is 5.41. The van der Waals surface area contributed by atoms with Gasteiger partial charge in [-0.05, 0) is 61.1 Å². The Bertz CT molecular complexity index is 1030. The molecular formula is C25H24FNO2. The highest BCUT2D eigenvalue weighted by molar-refractivity contribution is 6.08. The van der Waals surface area contributed by atoms with Gasteiger partial charge >= 0.3 is 0 Å². The largest absolute Gasteiger partial charge is 0.497 e. The number of hydrogen-bond donors (Lipinski definition) is 0. The smallest absolute Gasteiger partial charge is 0.186 e. The molecule has 148 valence electrons. The first-order valence-electron chi connectivity index (χ1n) is 9.37. The molecule has 0 aliphatic rings. The number of halogens is 1.